The minimum Gasteiger partial charge on any atom is -0.379 e. The Bertz CT molecular complexity index is 302. The van der Waals surface area contributed by atoms with Crippen LogP contribution >= 0.6 is 0 Å². The molecular weight excluding hydrogens is 178 g/mol. The Labute approximate surface area is 84.3 Å². The predicted octanol–water partition coefficient (Wildman–Crippen LogP) is 0.689. The van der Waals surface area contributed by atoms with E-state index in [1.807, 2.05) is 24.0 Å². The lowest BCUT2D eigenvalue weighted by molar-refractivity contribution is 0.171. The molecule has 1 unspecified atom stereocenters. The second kappa shape index (κ2) is 3.71. The molecule has 0 aromatic carbocycles. The van der Waals surface area contributed by atoms with E-state index in [-0.39, 0.29) is 5.54 Å². The van der Waals surface area contributed by atoms with Gasteiger partial charge in [-0.05, 0) is 13.3 Å². The maximum atomic E-state index is 5.37. The van der Waals surface area contributed by atoms with Gasteiger partial charge in [-0.2, -0.15) is 0 Å². The summed E-state index contributed by atoms with van der Waals surface area (Å²) in [5, 5.41) is 3.49. The molecule has 14 heavy (non-hydrogen) atoms. The van der Waals surface area contributed by atoms with E-state index in [0.717, 1.165) is 32.0 Å². The van der Waals surface area contributed by atoms with Crippen LogP contribution in [-0.4, -0.2) is 28.3 Å². The number of nitrogens with one attached hydrogen (secondary N) is 1. The molecule has 1 aromatic rings. The summed E-state index contributed by atoms with van der Waals surface area (Å²) in [6.07, 6.45) is 4.87. The first-order valence-electron chi connectivity index (χ1n) is 4.99. The topological polar surface area (TPSA) is 39.1 Å². The quantitative estimate of drug-likeness (QED) is 0.771. The molecule has 0 saturated carbocycles. The van der Waals surface area contributed by atoms with Crippen molar-refractivity contribution in [3.8, 4) is 0 Å². The number of aryl methyl sites for hydroxylation is 1. The molecule has 0 amide bonds. The lowest BCUT2D eigenvalue weighted by Crippen LogP contribution is -2.42. The first-order valence-corrected chi connectivity index (χ1v) is 4.99. The van der Waals surface area contributed by atoms with Gasteiger partial charge in [0.05, 0.1) is 13.2 Å². The fourth-order valence-electron chi connectivity index (χ4n) is 1.67. The molecule has 4 heteroatoms. The van der Waals surface area contributed by atoms with Crippen LogP contribution in [0.4, 0.5) is 0 Å². The summed E-state index contributed by atoms with van der Waals surface area (Å²) in [5.74, 6) is 1.07. The highest BCUT2D eigenvalue weighted by Crippen LogP contribution is 2.17. The Kier molecular flexibility index (Phi) is 2.56. The molecule has 1 aliphatic rings. The summed E-state index contributed by atoms with van der Waals surface area (Å²) in [4.78, 5) is 4.27. The smallest absolute Gasteiger partial charge is 0.122 e. The highest BCUT2D eigenvalue weighted by Gasteiger charge is 2.28. The molecule has 1 aliphatic heterocycles. The van der Waals surface area contributed by atoms with Crippen LogP contribution in [0.5, 0.6) is 0 Å². The molecule has 0 spiro atoms. The van der Waals surface area contributed by atoms with Crippen molar-refractivity contribution in [1.29, 1.82) is 0 Å². The molecule has 78 valence electrons. The van der Waals surface area contributed by atoms with Gasteiger partial charge in [-0.3, -0.25) is 0 Å². The summed E-state index contributed by atoms with van der Waals surface area (Å²) in [6, 6.07) is 0. The van der Waals surface area contributed by atoms with Gasteiger partial charge in [-0.1, -0.05) is 0 Å². The first-order chi connectivity index (χ1) is 6.70. The Hall–Kier alpha value is -0.870. The average molecular weight is 195 g/mol. The fourth-order valence-corrected chi connectivity index (χ4v) is 1.67. The third-order valence-electron chi connectivity index (χ3n) is 2.81. The molecule has 1 saturated heterocycles. The molecule has 1 atom stereocenters. The Morgan fingerprint density at radius 2 is 2.57 bits per heavy atom. The van der Waals surface area contributed by atoms with Crippen molar-refractivity contribution >= 4 is 0 Å². The Balaban J connectivity index is 1.91. The van der Waals surface area contributed by atoms with Crippen LogP contribution in [0.2, 0.25) is 0 Å². The molecule has 0 radical (unpaired) electrons. The van der Waals surface area contributed by atoms with Crippen molar-refractivity contribution in [3.63, 3.8) is 0 Å². The SMILES string of the molecule is Cn1ccnc1CNC1(C)CCOC1. The van der Waals surface area contributed by atoms with Crippen molar-refractivity contribution in [3.05, 3.63) is 18.2 Å². The van der Waals surface area contributed by atoms with E-state index in [2.05, 4.69) is 17.2 Å². The summed E-state index contributed by atoms with van der Waals surface area (Å²) in [6.45, 7) is 4.67. The molecule has 1 fully saturated rings. The highest BCUT2D eigenvalue weighted by molar-refractivity contribution is 4.94. The standard InChI is InChI=1S/C10H17N3O/c1-10(3-6-14-8-10)12-7-9-11-4-5-13(9)2/h4-5,12H,3,6-8H2,1-2H3. The molecule has 1 N–H and O–H groups in total. The van der Waals surface area contributed by atoms with E-state index in [1.165, 1.54) is 0 Å². The average Bonchev–Trinajstić information content (AvgIpc) is 2.73. The van der Waals surface area contributed by atoms with Crippen LogP contribution in [0.1, 0.15) is 19.2 Å². The largest absolute Gasteiger partial charge is 0.379 e. The maximum Gasteiger partial charge on any atom is 0.122 e. The van der Waals surface area contributed by atoms with Gasteiger partial charge < -0.3 is 14.6 Å². The molecule has 0 bridgehead atoms. The van der Waals surface area contributed by atoms with Gasteiger partial charge in [0.2, 0.25) is 0 Å². The zero-order valence-corrected chi connectivity index (χ0v) is 8.79. The highest BCUT2D eigenvalue weighted by atomic mass is 16.5. The zero-order valence-electron chi connectivity index (χ0n) is 8.79. The van der Waals surface area contributed by atoms with Crippen LogP contribution in [0.3, 0.4) is 0 Å². The third-order valence-corrected chi connectivity index (χ3v) is 2.81. The molecule has 4 nitrogen and oxygen atoms in total. The normalized spacial score (nSPS) is 27.0. The molecule has 0 aliphatic carbocycles. The van der Waals surface area contributed by atoms with E-state index < -0.39 is 0 Å². The number of imidazole rings is 1. The van der Waals surface area contributed by atoms with Crippen LogP contribution in [0, 0.1) is 0 Å². The minimum absolute atomic E-state index is 0.131. The van der Waals surface area contributed by atoms with E-state index in [0.29, 0.717) is 0 Å². The summed E-state index contributed by atoms with van der Waals surface area (Å²) in [7, 11) is 2.01. The number of nitrogens with zero attached hydrogens (tertiary/aromatic N) is 2. The van der Waals surface area contributed by atoms with Crippen LogP contribution in [0.25, 0.3) is 0 Å². The number of ether oxygens (including phenoxy) is 1. The van der Waals surface area contributed by atoms with Gasteiger partial charge in [-0.25, -0.2) is 4.98 Å². The Morgan fingerprint density at radius 1 is 1.71 bits per heavy atom. The first kappa shape index (κ1) is 9.68. The van der Waals surface area contributed by atoms with Gasteiger partial charge in [0, 0.05) is 31.6 Å². The van der Waals surface area contributed by atoms with Crippen molar-refractivity contribution < 1.29 is 4.74 Å². The summed E-state index contributed by atoms with van der Waals surface area (Å²) in [5.41, 5.74) is 0.131. The second-order valence-electron chi connectivity index (χ2n) is 4.17. The molecule has 2 heterocycles. The zero-order chi connectivity index (χ0) is 10.0. The number of rotatable bonds is 3. The van der Waals surface area contributed by atoms with Gasteiger partial charge in [0.15, 0.2) is 0 Å². The number of hydrogen-bond donors (Lipinski definition) is 1. The van der Waals surface area contributed by atoms with E-state index in [4.69, 9.17) is 4.74 Å². The maximum absolute atomic E-state index is 5.37. The lowest BCUT2D eigenvalue weighted by Gasteiger charge is -2.23. The monoisotopic (exact) mass is 195 g/mol. The molecule has 1 aromatic heterocycles. The molecular formula is C10H17N3O. The van der Waals surface area contributed by atoms with Crippen LogP contribution < -0.4 is 5.32 Å². The van der Waals surface area contributed by atoms with Crippen molar-refractivity contribution in [2.75, 3.05) is 13.2 Å². The van der Waals surface area contributed by atoms with Crippen molar-refractivity contribution in [2.45, 2.75) is 25.4 Å². The Morgan fingerprint density at radius 3 is 3.14 bits per heavy atom. The van der Waals surface area contributed by atoms with Gasteiger partial charge in [-0.15, -0.1) is 0 Å². The van der Waals surface area contributed by atoms with Crippen molar-refractivity contribution in [2.24, 2.45) is 7.05 Å². The van der Waals surface area contributed by atoms with E-state index in [1.54, 1.807) is 0 Å². The van der Waals surface area contributed by atoms with Gasteiger partial charge in [0.25, 0.3) is 0 Å². The minimum atomic E-state index is 0.131. The van der Waals surface area contributed by atoms with Gasteiger partial charge >= 0.3 is 0 Å². The predicted molar refractivity (Wildman–Crippen MR) is 53.9 cm³/mol. The van der Waals surface area contributed by atoms with E-state index in [9.17, 15) is 0 Å². The summed E-state index contributed by atoms with van der Waals surface area (Å²) >= 11 is 0. The fraction of sp³-hybridized carbons (Fsp3) is 0.700. The van der Waals surface area contributed by atoms with E-state index >= 15 is 0 Å². The number of hydrogen-bond acceptors (Lipinski definition) is 3. The second-order valence-corrected chi connectivity index (χ2v) is 4.17. The van der Waals surface area contributed by atoms with Gasteiger partial charge in [0.1, 0.15) is 5.82 Å². The van der Waals surface area contributed by atoms with Crippen LogP contribution in [0.15, 0.2) is 12.4 Å². The molecule has 2 rings (SSSR count). The van der Waals surface area contributed by atoms with Crippen LogP contribution in [-0.2, 0) is 18.3 Å². The summed E-state index contributed by atoms with van der Waals surface area (Å²) < 4.78 is 7.40. The third kappa shape index (κ3) is 1.96. The lowest BCUT2D eigenvalue weighted by atomic mass is 10.0. The number of aromatic nitrogens is 2. The van der Waals surface area contributed by atoms with Crippen molar-refractivity contribution in [1.82, 2.24) is 14.9 Å².